The van der Waals surface area contributed by atoms with Crippen LogP contribution in [0.15, 0.2) is 12.1 Å². The van der Waals surface area contributed by atoms with Gasteiger partial charge in [0, 0.05) is 19.1 Å². The number of hydrogen-bond donors (Lipinski definition) is 2. The number of carbonyl (C=O) groups is 1. The zero-order valence-electron chi connectivity index (χ0n) is 34.5. The van der Waals surface area contributed by atoms with Gasteiger partial charge in [0.15, 0.2) is 11.5 Å². The summed E-state index contributed by atoms with van der Waals surface area (Å²) in [7, 11) is 1.64. The minimum Gasteiger partial charge on any atom is -0.504 e. The van der Waals surface area contributed by atoms with E-state index < -0.39 is 0 Å². The lowest BCUT2D eigenvalue weighted by Crippen LogP contribution is -2.25. The van der Waals surface area contributed by atoms with Crippen molar-refractivity contribution in [2.24, 2.45) is 5.41 Å². The summed E-state index contributed by atoms with van der Waals surface area (Å²) in [6.45, 7) is 20.7. The smallest absolute Gasteiger partial charge is 0.306 e. The number of carbonyl (C=O) groups excluding carboxylic acids is 1. The maximum atomic E-state index is 12.2. The Labute approximate surface area is 329 Å². The van der Waals surface area contributed by atoms with Crippen molar-refractivity contribution < 1.29 is 71.8 Å². The Morgan fingerprint density at radius 3 is 1.16 bits per heavy atom. The normalized spacial score (nSPS) is 12.1. The molecule has 0 aliphatic heterocycles. The van der Waals surface area contributed by atoms with Crippen LogP contribution in [0.4, 0.5) is 0 Å². The third-order valence-corrected chi connectivity index (χ3v) is 7.74. The number of methoxy groups -OCH3 is 1. The molecule has 1 rings (SSSR count). The van der Waals surface area contributed by atoms with E-state index in [0.29, 0.717) is 144 Å². The van der Waals surface area contributed by atoms with Crippen molar-refractivity contribution in [2.75, 3.05) is 152 Å². The number of phenolic OH excluding ortho intramolecular Hbond substituents is 2. The van der Waals surface area contributed by atoms with Crippen LogP contribution in [-0.4, -0.2) is 169 Å². The predicted octanol–water partition coefficient (Wildman–Crippen LogP) is 4.10. The molecule has 0 aliphatic rings. The zero-order valence-corrected chi connectivity index (χ0v) is 34.5. The Balaban J connectivity index is 1.84. The standard InChI is InChI=1S/C40H72O15/c1-39(2,3)33-40(4,5)35-31-34(32-36(41)38(35)43)7-8-37(42)55-30-29-54-28-27-53-26-25-52-24-23-51-22-21-50-20-19-49-18-17-48-16-15-47-14-13-46-12-11-45-10-9-44-6/h31-32,41,43H,7-30,33H2,1-6H3. The monoisotopic (exact) mass is 792 g/mol. The van der Waals surface area contributed by atoms with E-state index in [9.17, 15) is 15.0 Å². The summed E-state index contributed by atoms with van der Waals surface area (Å²) < 4.78 is 64.7. The molecule has 0 saturated heterocycles. The number of esters is 1. The van der Waals surface area contributed by atoms with Gasteiger partial charge in [-0.1, -0.05) is 40.7 Å². The van der Waals surface area contributed by atoms with Crippen LogP contribution in [0.2, 0.25) is 0 Å². The molecule has 0 spiro atoms. The molecular weight excluding hydrogens is 720 g/mol. The second kappa shape index (κ2) is 32.9. The molecule has 0 fully saturated rings. The molecule has 322 valence electrons. The van der Waals surface area contributed by atoms with Gasteiger partial charge in [-0.2, -0.15) is 0 Å². The molecule has 0 saturated carbocycles. The third-order valence-electron chi connectivity index (χ3n) is 7.74. The largest absolute Gasteiger partial charge is 0.504 e. The van der Waals surface area contributed by atoms with Crippen LogP contribution in [0, 0.1) is 5.41 Å². The highest BCUT2D eigenvalue weighted by atomic mass is 16.6. The molecule has 0 radical (unpaired) electrons. The maximum Gasteiger partial charge on any atom is 0.306 e. The molecule has 55 heavy (non-hydrogen) atoms. The summed E-state index contributed by atoms with van der Waals surface area (Å²) in [6.07, 6.45) is 1.36. The first-order valence-corrected chi connectivity index (χ1v) is 19.4. The van der Waals surface area contributed by atoms with Gasteiger partial charge < -0.3 is 67.1 Å². The van der Waals surface area contributed by atoms with Crippen LogP contribution in [0.1, 0.15) is 58.6 Å². The van der Waals surface area contributed by atoms with E-state index in [4.69, 9.17) is 56.8 Å². The van der Waals surface area contributed by atoms with Crippen LogP contribution in [-0.2, 0) is 73.5 Å². The SMILES string of the molecule is COCCOCCOCCOCCOCCOCCOCCOCCOCCOCCOCCOC(=O)CCc1cc(O)c(O)c(C(C)(C)CC(C)(C)C)c1. The Hall–Kier alpha value is -2.15. The summed E-state index contributed by atoms with van der Waals surface area (Å²) in [5.74, 6) is -0.639. The van der Waals surface area contributed by atoms with Crippen LogP contribution in [0.25, 0.3) is 0 Å². The van der Waals surface area contributed by atoms with E-state index in [1.807, 2.05) is 19.9 Å². The number of aromatic hydroxyl groups is 2. The Morgan fingerprint density at radius 2 is 0.836 bits per heavy atom. The Morgan fingerprint density at radius 1 is 0.509 bits per heavy atom. The van der Waals surface area contributed by atoms with Gasteiger partial charge in [0.25, 0.3) is 0 Å². The number of ether oxygens (including phenoxy) is 12. The highest BCUT2D eigenvalue weighted by Crippen LogP contribution is 2.43. The Kier molecular flexibility index (Phi) is 30.4. The molecule has 0 unspecified atom stereocenters. The van der Waals surface area contributed by atoms with Crippen molar-refractivity contribution in [3.8, 4) is 11.5 Å². The molecule has 15 nitrogen and oxygen atoms in total. The minimum absolute atomic E-state index is 0.0359. The van der Waals surface area contributed by atoms with Crippen LogP contribution in [0.3, 0.4) is 0 Å². The van der Waals surface area contributed by atoms with Gasteiger partial charge in [-0.25, -0.2) is 0 Å². The van der Waals surface area contributed by atoms with Gasteiger partial charge in [-0.15, -0.1) is 0 Å². The predicted molar refractivity (Wildman–Crippen MR) is 206 cm³/mol. The van der Waals surface area contributed by atoms with Crippen LogP contribution < -0.4 is 0 Å². The molecule has 0 bridgehead atoms. The third kappa shape index (κ3) is 29.7. The molecular formula is C40H72O15. The first kappa shape index (κ1) is 50.9. The molecule has 0 atom stereocenters. The summed E-state index contributed by atoms with van der Waals surface area (Å²) >= 11 is 0. The summed E-state index contributed by atoms with van der Waals surface area (Å²) in [5.41, 5.74) is 1.12. The fourth-order valence-electron chi connectivity index (χ4n) is 5.52. The van der Waals surface area contributed by atoms with E-state index in [0.717, 1.165) is 12.0 Å². The van der Waals surface area contributed by atoms with Gasteiger partial charge in [0.05, 0.1) is 139 Å². The van der Waals surface area contributed by atoms with Crippen LogP contribution in [0.5, 0.6) is 11.5 Å². The Bertz CT molecular complexity index is 1060. The second-order valence-corrected chi connectivity index (χ2v) is 14.5. The number of aryl methyl sites for hydroxylation is 1. The zero-order chi connectivity index (χ0) is 40.5. The van der Waals surface area contributed by atoms with Gasteiger partial charge in [0.1, 0.15) is 6.61 Å². The van der Waals surface area contributed by atoms with E-state index in [-0.39, 0.29) is 47.9 Å². The minimum atomic E-state index is -0.359. The summed E-state index contributed by atoms with van der Waals surface area (Å²) in [6, 6.07) is 3.37. The molecule has 0 heterocycles. The maximum absolute atomic E-state index is 12.2. The lowest BCUT2D eigenvalue weighted by Gasteiger charge is -2.33. The number of benzene rings is 1. The lowest BCUT2D eigenvalue weighted by atomic mass is 9.71. The average Bonchev–Trinajstić information content (AvgIpc) is 3.12. The topological polar surface area (TPSA) is 168 Å². The number of hydrogen-bond acceptors (Lipinski definition) is 15. The molecule has 15 heteroatoms. The molecule has 0 aromatic heterocycles. The van der Waals surface area contributed by atoms with Crippen molar-refractivity contribution in [2.45, 2.75) is 59.3 Å². The fraction of sp³-hybridized carbons (Fsp3) is 0.825. The average molecular weight is 793 g/mol. The van der Waals surface area contributed by atoms with E-state index in [2.05, 4.69) is 20.8 Å². The van der Waals surface area contributed by atoms with E-state index >= 15 is 0 Å². The van der Waals surface area contributed by atoms with E-state index in [1.54, 1.807) is 7.11 Å². The van der Waals surface area contributed by atoms with Crippen molar-refractivity contribution in [3.05, 3.63) is 23.3 Å². The molecule has 2 N–H and O–H groups in total. The van der Waals surface area contributed by atoms with Gasteiger partial charge in [0.2, 0.25) is 0 Å². The van der Waals surface area contributed by atoms with Crippen LogP contribution >= 0.6 is 0 Å². The number of rotatable bonds is 38. The summed E-state index contributed by atoms with van der Waals surface area (Å²) in [4.78, 5) is 12.2. The molecule has 1 aromatic carbocycles. The van der Waals surface area contributed by atoms with Crippen molar-refractivity contribution >= 4 is 5.97 Å². The van der Waals surface area contributed by atoms with Gasteiger partial charge >= 0.3 is 5.97 Å². The fourth-order valence-corrected chi connectivity index (χ4v) is 5.52. The molecule has 1 aromatic rings. The quantitative estimate of drug-likeness (QED) is 0.0558. The van der Waals surface area contributed by atoms with Crippen molar-refractivity contribution in [3.63, 3.8) is 0 Å². The molecule has 0 amide bonds. The first-order chi connectivity index (χ1) is 26.5. The number of phenols is 2. The van der Waals surface area contributed by atoms with Crippen molar-refractivity contribution in [1.29, 1.82) is 0 Å². The summed E-state index contributed by atoms with van der Waals surface area (Å²) in [5, 5.41) is 20.8. The van der Waals surface area contributed by atoms with Gasteiger partial charge in [-0.05, 0) is 35.3 Å². The highest BCUT2D eigenvalue weighted by Gasteiger charge is 2.31. The molecule has 0 aliphatic carbocycles. The lowest BCUT2D eigenvalue weighted by molar-refractivity contribution is -0.145. The highest BCUT2D eigenvalue weighted by molar-refractivity contribution is 5.69. The second-order valence-electron chi connectivity index (χ2n) is 14.5. The first-order valence-electron chi connectivity index (χ1n) is 19.4. The van der Waals surface area contributed by atoms with Gasteiger partial charge in [-0.3, -0.25) is 4.79 Å². The van der Waals surface area contributed by atoms with E-state index in [1.165, 1.54) is 6.07 Å². The van der Waals surface area contributed by atoms with Crippen molar-refractivity contribution in [1.82, 2.24) is 0 Å².